The highest BCUT2D eigenvalue weighted by Crippen LogP contribution is 2.25. The Morgan fingerprint density at radius 1 is 1.15 bits per heavy atom. The molecule has 0 fully saturated rings. The summed E-state index contributed by atoms with van der Waals surface area (Å²) in [4.78, 5) is 30.1. The van der Waals surface area contributed by atoms with Crippen LogP contribution in [0.1, 0.15) is 17.3 Å². The largest absolute Gasteiger partial charge is 0.383 e. The fourth-order valence-corrected chi connectivity index (χ4v) is 3.68. The van der Waals surface area contributed by atoms with Crippen molar-refractivity contribution in [3.05, 3.63) is 70.5 Å². The standard InChI is InChI=1S/C20H20N2O3S/c1-14(18(23)15-8-4-3-5-9-15)26-20-21-17-11-7-6-10-16(17)19(24)22(20)12-13-25-2/h3-11,14H,12-13H2,1-2H3. The zero-order valence-corrected chi connectivity index (χ0v) is 15.5. The molecule has 1 aromatic heterocycles. The maximum atomic E-state index is 12.8. The SMILES string of the molecule is COCCn1c(SC(C)C(=O)c2ccccc2)nc2ccccc2c1=O. The first kappa shape index (κ1) is 18.4. The van der Waals surface area contributed by atoms with Gasteiger partial charge in [-0.25, -0.2) is 4.98 Å². The summed E-state index contributed by atoms with van der Waals surface area (Å²) in [5.41, 5.74) is 1.17. The third-order valence-corrected chi connectivity index (χ3v) is 5.15. The second-order valence-electron chi connectivity index (χ2n) is 5.85. The van der Waals surface area contributed by atoms with E-state index in [1.165, 1.54) is 11.8 Å². The summed E-state index contributed by atoms with van der Waals surface area (Å²) < 4.78 is 6.71. The van der Waals surface area contributed by atoms with Crippen molar-refractivity contribution < 1.29 is 9.53 Å². The summed E-state index contributed by atoms with van der Waals surface area (Å²) in [7, 11) is 1.59. The van der Waals surface area contributed by atoms with E-state index in [2.05, 4.69) is 4.98 Å². The molecule has 0 saturated heterocycles. The van der Waals surface area contributed by atoms with E-state index >= 15 is 0 Å². The number of nitrogens with zero attached hydrogens (tertiary/aromatic N) is 2. The van der Waals surface area contributed by atoms with Gasteiger partial charge in [-0.2, -0.15) is 0 Å². The number of carbonyl (C=O) groups excluding carboxylic acids is 1. The first-order chi connectivity index (χ1) is 12.6. The van der Waals surface area contributed by atoms with E-state index in [9.17, 15) is 9.59 Å². The van der Waals surface area contributed by atoms with Gasteiger partial charge in [0.05, 0.1) is 29.3 Å². The van der Waals surface area contributed by atoms with Crippen LogP contribution in [-0.4, -0.2) is 34.3 Å². The number of methoxy groups -OCH3 is 1. The maximum Gasteiger partial charge on any atom is 0.262 e. The Balaban J connectivity index is 1.97. The van der Waals surface area contributed by atoms with Crippen molar-refractivity contribution in [1.82, 2.24) is 9.55 Å². The van der Waals surface area contributed by atoms with E-state index in [0.29, 0.717) is 34.8 Å². The third-order valence-electron chi connectivity index (χ3n) is 4.06. The molecule has 0 aliphatic carbocycles. The molecule has 0 N–H and O–H groups in total. The third kappa shape index (κ3) is 3.86. The fraction of sp³-hybridized carbons (Fsp3) is 0.250. The number of hydrogen-bond acceptors (Lipinski definition) is 5. The average Bonchev–Trinajstić information content (AvgIpc) is 2.68. The molecule has 0 amide bonds. The normalized spacial score (nSPS) is 12.2. The summed E-state index contributed by atoms with van der Waals surface area (Å²) in [5, 5.41) is 0.733. The lowest BCUT2D eigenvalue weighted by atomic mass is 10.1. The molecule has 1 unspecified atom stereocenters. The molecule has 3 aromatic rings. The van der Waals surface area contributed by atoms with Gasteiger partial charge in [-0.1, -0.05) is 54.2 Å². The number of rotatable bonds is 7. The predicted octanol–water partition coefficient (Wildman–Crippen LogP) is 3.41. The van der Waals surface area contributed by atoms with Gasteiger partial charge in [0.1, 0.15) is 0 Å². The number of benzene rings is 2. The van der Waals surface area contributed by atoms with Gasteiger partial charge in [-0.3, -0.25) is 14.2 Å². The van der Waals surface area contributed by atoms with Gasteiger partial charge >= 0.3 is 0 Å². The lowest BCUT2D eigenvalue weighted by Crippen LogP contribution is -2.26. The molecule has 2 aromatic carbocycles. The molecule has 134 valence electrons. The lowest BCUT2D eigenvalue weighted by molar-refractivity contribution is 0.0994. The van der Waals surface area contributed by atoms with E-state index in [1.807, 2.05) is 43.3 Å². The molecule has 1 heterocycles. The molecule has 3 rings (SSSR count). The van der Waals surface area contributed by atoms with Crippen molar-refractivity contribution in [2.75, 3.05) is 13.7 Å². The number of fused-ring (bicyclic) bond motifs is 1. The van der Waals surface area contributed by atoms with Crippen molar-refractivity contribution in [3.63, 3.8) is 0 Å². The fourth-order valence-electron chi connectivity index (χ4n) is 2.67. The highest BCUT2D eigenvalue weighted by Gasteiger charge is 2.20. The van der Waals surface area contributed by atoms with Crippen molar-refractivity contribution in [1.29, 1.82) is 0 Å². The van der Waals surface area contributed by atoms with Crippen LogP contribution >= 0.6 is 11.8 Å². The highest BCUT2D eigenvalue weighted by atomic mass is 32.2. The number of hydrogen-bond donors (Lipinski definition) is 0. The number of aromatic nitrogens is 2. The van der Waals surface area contributed by atoms with Gasteiger partial charge in [0, 0.05) is 12.7 Å². The molecule has 0 aliphatic rings. The number of thioether (sulfide) groups is 1. The second kappa shape index (κ2) is 8.29. The Morgan fingerprint density at radius 3 is 2.58 bits per heavy atom. The van der Waals surface area contributed by atoms with E-state index in [0.717, 1.165) is 0 Å². The smallest absolute Gasteiger partial charge is 0.262 e. The van der Waals surface area contributed by atoms with Crippen LogP contribution in [0.15, 0.2) is 64.5 Å². The highest BCUT2D eigenvalue weighted by molar-refractivity contribution is 8.00. The van der Waals surface area contributed by atoms with Crippen LogP contribution in [0.25, 0.3) is 10.9 Å². The van der Waals surface area contributed by atoms with Gasteiger partial charge in [-0.15, -0.1) is 0 Å². The molecule has 6 heteroatoms. The Labute approximate surface area is 156 Å². The zero-order chi connectivity index (χ0) is 18.5. The Kier molecular flexibility index (Phi) is 5.85. The minimum atomic E-state index is -0.362. The minimum Gasteiger partial charge on any atom is -0.383 e. The van der Waals surface area contributed by atoms with Gasteiger partial charge in [-0.05, 0) is 19.1 Å². The van der Waals surface area contributed by atoms with Crippen LogP contribution in [0, 0.1) is 0 Å². The predicted molar refractivity (Wildman–Crippen MR) is 104 cm³/mol. The molecule has 0 saturated carbocycles. The summed E-state index contributed by atoms with van der Waals surface area (Å²) in [5.74, 6) is 0.0105. The molecule has 26 heavy (non-hydrogen) atoms. The molecule has 0 bridgehead atoms. The summed E-state index contributed by atoms with van der Waals surface area (Å²) in [6.07, 6.45) is 0. The van der Waals surface area contributed by atoms with Crippen molar-refractivity contribution >= 4 is 28.4 Å². The van der Waals surface area contributed by atoms with Crippen molar-refractivity contribution in [2.24, 2.45) is 0 Å². The first-order valence-electron chi connectivity index (χ1n) is 8.36. The lowest BCUT2D eigenvalue weighted by Gasteiger charge is -2.15. The average molecular weight is 368 g/mol. The second-order valence-corrected chi connectivity index (χ2v) is 7.16. The van der Waals surface area contributed by atoms with Crippen LogP contribution in [0.5, 0.6) is 0 Å². The number of ether oxygens (including phenoxy) is 1. The molecule has 1 atom stereocenters. The van der Waals surface area contributed by atoms with Crippen molar-refractivity contribution in [3.8, 4) is 0 Å². The van der Waals surface area contributed by atoms with Gasteiger partial charge in [0.25, 0.3) is 5.56 Å². The topological polar surface area (TPSA) is 61.2 Å². The quantitative estimate of drug-likeness (QED) is 0.363. The zero-order valence-electron chi connectivity index (χ0n) is 14.7. The Hall–Kier alpha value is -2.44. The molecular formula is C20H20N2O3S. The van der Waals surface area contributed by atoms with Gasteiger partial charge in [0.15, 0.2) is 10.9 Å². The summed E-state index contributed by atoms with van der Waals surface area (Å²) in [6, 6.07) is 16.4. The van der Waals surface area contributed by atoms with Gasteiger partial charge < -0.3 is 4.74 Å². The molecule has 0 spiro atoms. The van der Waals surface area contributed by atoms with Crippen LogP contribution in [0.2, 0.25) is 0 Å². The van der Waals surface area contributed by atoms with Crippen LogP contribution in [-0.2, 0) is 11.3 Å². The number of para-hydroxylation sites is 1. The van der Waals surface area contributed by atoms with E-state index < -0.39 is 0 Å². The summed E-state index contributed by atoms with van der Waals surface area (Å²) in [6.45, 7) is 2.62. The van der Waals surface area contributed by atoms with E-state index in [1.54, 1.807) is 29.9 Å². The monoisotopic (exact) mass is 368 g/mol. The van der Waals surface area contributed by atoms with Crippen molar-refractivity contribution in [2.45, 2.75) is 23.9 Å². The Bertz CT molecular complexity index is 970. The van der Waals surface area contributed by atoms with Crippen LogP contribution < -0.4 is 5.56 Å². The van der Waals surface area contributed by atoms with Gasteiger partial charge in [0.2, 0.25) is 0 Å². The molecule has 0 aliphatic heterocycles. The maximum absolute atomic E-state index is 12.8. The first-order valence-corrected chi connectivity index (χ1v) is 9.24. The minimum absolute atomic E-state index is 0.0105. The molecular weight excluding hydrogens is 348 g/mol. The summed E-state index contributed by atoms with van der Waals surface area (Å²) >= 11 is 1.30. The molecule has 0 radical (unpaired) electrons. The van der Waals surface area contributed by atoms with Crippen LogP contribution in [0.4, 0.5) is 0 Å². The molecule has 5 nitrogen and oxygen atoms in total. The Morgan fingerprint density at radius 2 is 1.85 bits per heavy atom. The van der Waals surface area contributed by atoms with E-state index in [-0.39, 0.29) is 16.6 Å². The number of carbonyl (C=O) groups is 1. The number of Topliss-reactive ketones (excluding diaryl/α,β-unsaturated/α-hetero) is 1. The van der Waals surface area contributed by atoms with Crippen LogP contribution in [0.3, 0.4) is 0 Å². The van der Waals surface area contributed by atoms with E-state index in [4.69, 9.17) is 4.74 Å². The number of ketones is 1.